The summed E-state index contributed by atoms with van der Waals surface area (Å²) < 4.78 is 7.30. The number of rotatable bonds is 7. The van der Waals surface area contributed by atoms with Gasteiger partial charge in [-0.15, -0.1) is 0 Å². The second-order valence-corrected chi connectivity index (χ2v) is 6.85. The standard InChI is InChI=1S/C21H29N3O3/c1-7-23(13-20(25)22-17-9-8-10-18(12-17)27-6)21(26)19-11-15(4)24(14(2)3)16(19)5/h8-12,14H,7,13H2,1-6H3,(H,22,25). The minimum atomic E-state index is -0.240. The maximum atomic E-state index is 13.0. The molecule has 0 aliphatic rings. The number of anilines is 1. The number of aryl methyl sites for hydroxylation is 1. The molecule has 0 bridgehead atoms. The van der Waals surface area contributed by atoms with Crippen LogP contribution in [0, 0.1) is 13.8 Å². The van der Waals surface area contributed by atoms with Crippen molar-refractivity contribution in [2.75, 3.05) is 25.5 Å². The minimum absolute atomic E-state index is 0.00209. The van der Waals surface area contributed by atoms with Crippen LogP contribution in [0.3, 0.4) is 0 Å². The Morgan fingerprint density at radius 2 is 1.93 bits per heavy atom. The molecule has 0 fully saturated rings. The SMILES string of the molecule is CCN(CC(=O)Nc1cccc(OC)c1)C(=O)c1cc(C)n(C(C)C)c1C. The van der Waals surface area contributed by atoms with Gasteiger partial charge in [0.25, 0.3) is 5.91 Å². The van der Waals surface area contributed by atoms with Gasteiger partial charge in [-0.25, -0.2) is 0 Å². The van der Waals surface area contributed by atoms with E-state index in [1.165, 1.54) is 0 Å². The first-order valence-corrected chi connectivity index (χ1v) is 9.20. The van der Waals surface area contributed by atoms with E-state index >= 15 is 0 Å². The molecule has 2 rings (SSSR count). The molecule has 1 aromatic carbocycles. The Balaban J connectivity index is 2.13. The molecular formula is C21H29N3O3. The van der Waals surface area contributed by atoms with Crippen LogP contribution in [-0.2, 0) is 4.79 Å². The number of benzene rings is 1. The Kier molecular flexibility index (Phi) is 6.66. The van der Waals surface area contributed by atoms with E-state index < -0.39 is 0 Å². The van der Waals surface area contributed by atoms with Gasteiger partial charge in [0.05, 0.1) is 12.7 Å². The van der Waals surface area contributed by atoms with Gasteiger partial charge in [-0.3, -0.25) is 9.59 Å². The van der Waals surface area contributed by atoms with E-state index in [1.807, 2.05) is 32.9 Å². The van der Waals surface area contributed by atoms with Crippen molar-refractivity contribution >= 4 is 17.5 Å². The number of carbonyl (C=O) groups excluding carboxylic acids is 2. The third-order valence-corrected chi connectivity index (χ3v) is 4.59. The lowest BCUT2D eigenvalue weighted by Gasteiger charge is -2.21. The van der Waals surface area contributed by atoms with Crippen LogP contribution in [0.4, 0.5) is 5.69 Å². The highest BCUT2D eigenvalue weighted by atomic mass is 16.5. The molecule has 0 radical (unpaired) electrons. The number of amides is 2. The summed E-state index contributed by atoms with van der Waals surface area (Å²) in [5.41, 5.74) is 3.26. The predicted octanol–water partition coefficient (Wildman–Crippen LogP) is 3.80. The van der Waals surface area contributed by atoms with Crippen molar-refractivity contribution in [3.63, 3.8) is 0 Å². The molecule has 2 amide bonds. The topological polar surface area (TPSA) is 63.6 Å². The summed E-state index contributed by atoms with van der Waals surface area (Å²) in [5.74, 6) is 0.298. The summed E-state index contributed by atoms with van der Waals surface area (Å²) in [7, 11) is 1.58. The molecule has 1 aromatic heterocycles. The molecule has 0 unspecified atom stereocenters. The monoisotopic (exact) mass is 371 g/mol. The average molecular weight is 371 g/mol. The normalized spacial score (nSPS) is 10.8. The molecule has 0 aliphatic carbocycles. The predicted molar refractivity (Wildman–Crippen MR) is 107 cm³/mol. The Hall–Kier alpha value is -2.76. The number of ether oxygens (including phenoxy) is 1. The van der Waals surface area contributed by atoms with Crippen molar-refractivity contribution in [1.82, 2.24) is 9.47 Å². The van der Waals surface area contributed by atoms with Crippen LogP contribution in [0.5, 0.6) is 5.75 Å². The zero-order chi connectivity index (χ0) is 20.1. The third-order valence-electron chi connectivity index (χ3n) is 4.59. The van der Waals surface area contributed by atoms with Crippen molar-refractivity contribution in [3.8, 4) is 5.75 Å². The number of hydrogen-bond donors (Lipinski definition) is 1. The van der Waals surface area contributed by atoms with Gasteiger partial charge in [-0.1, -0.05) is 6.07 Å². The van der Waals surface area contributed by atoms with Crippen LogP contribution in [0.2, 0.25) is 0 Å². The summed E-state index contributed by atoms with van der Waals surface area (Å²) in [6.07, 6.45) is 0. The van der Waals surface area contributed by atoms with Crippen LogP contribution in [0.1, 0.15) is 48.6 Å². The minimum Gasteiger partial charge on any atom is -0.497 e. The maximum Gasteiger partial charge on any atom is 0.256 e. The molecule has 0 saturated carbocycles. The number of nitrogens with one attached hydrogen (secondary N) is 1. The Bertz CT molecular complexity index is 824. The van der Waals surface area contributed by atoms with Gasteiger partial charge in [0.2, 0.25) is 5.91 Å². The van der Waals surface area contributed by atoms with Crippen LogP contribution in [0.15, 0.2) is 30.3 Å². The fourth-order valence-electron chi connectivity index (χ4n) is 3.36. The van der Waals surface area contributed by atoms with E-state index in [2.05, 4.69) is 23.7 Å². The van der Waals surface area contributed by atoms with E-state index in [0.29, 0.717) is 23.5 Å². The average Bonchev–Trinajstić information content (AvgIpc) is 2.93. The highest BCUT2D eigenvalue weighted by Crippen LogP contribution is 2.22. The number of hydrogen-bond acceptors (Lipinski definition) is 3. The van der Waals surface area contributed by atoms with Gasteiger partial charge in [-0.2, -0.15) is 0 Å². The van der Waals surface area contributed by atoms with E-state index in [0.717, 1.165) is 11.4 Å². The molecule has 6 heteroatoms. The maximum absolute atomic E-state index is 13.0. The largest absolute Gasteiger partial charge is 0.497 e. The first-order valence-electron chi connectivity index (χ1n) is 9.20. The molecule has 0 atom stereocenters. The van der Waals surface area contributed by atoms with Crippen molar-refractivity contribution < 1.29 is 14.3 Å². The van der Waals surface area contributed by atoms with Crippen molar-refractivity contribution in [1.29, 1.82) is 0 Å². The molecule has 0 aliphatic heterocycles. The van der Waals surface area contributed by atoms with Crippen molar-refractivity contribution in [2.24, 2.45) is 0 Å². The molecular weight excluding hydrogens is 342 g/mol. The molecule has 2 aromatic rings. The zero-order valence-electron chi connectivity index (χ0n) is 17.0. The lowest BCUT2D eigenvalue weighted by atomic mass is 10.2. The fourth-order valence-corrected chi connectivity index (χ4v) is 3.36. The number of nitrogens with zero attached hydrogens (tertiary/aromatic N) is 2. The van der Waals surface area contributed by atoms with Gasteiger partial charge in [0.15, 0.2) is 0 Å². The summed E-state index contributed by atoms with van der Waals surface area (Å²) in [4.78, 5) is 27.0. The van der Waals surface area contributed by atoms with Crippen molar-refractivity contribution in [3.05, 3.63) is 47.3 Å². The first-order chi connectivity index (χ1) is 12.8. The highest BCUT2D eigenvalue weighted by molar-refractivity contribution is 6.00. The van der Waals surface area contributed by atoms with Crippen LogP contribution in [0.25, 0.3) is 0 Å². The lowest BCUT2D eigenvalue weighted by molar-refractivity contribution is -0.116. The number of methoxy groups -OCH3 is 1. The summed E-state index contributed by atoms with van der Waals surface area (Å²) in [6, 6.07) is 9.32. The van der Waals surface area contributed by atoms with E-state index in [4.69, 9.17) is 4.74 Å². The number of likely N-dealkylation sites (N-methyl/N-ethyl adjacent to an activating group) is 1. The van der Waals surface area contributed by atoms with Crippen LogP contribution >= 0.6 is 0 Å². The lowest BCUT2D eigenvalue weighted by Crippen LogP contribution is -2.38. The van der Waals surface area contributed by atoms with E-state index in [-0.39, 0.29) is 24.4 Å². The molecule has 1 heterocycles. The van der Waals surface area contributed by atoms with Crippen molar-refractivity contribution in [2.45, 2.75) is 40.7 Å². The quantitative estimate of drug-likeness (QED) is 0.805. The van der Waals surface area contributed by atoms with E-state index in [9.17, 15) is 9.59 Å². The van der Waals surface area contributed by atoms with E-state index in [1.54, 1.807) is 30.2 Å². The second-order valence-electron chi connectivity index (χ2n) is 6.85. The fraction of sp³-hybridized carbons (Fsp3) is 0.429. The molecule has 0 saturated heterocycles. The van der Waals surface area contributed by atoms with Crippen LogP contribution in [-0.4, -0.2) is 41.5 Å². The highest BCUT2D eigenvalue weighted by Gasteiger charge is 2.23. The van der Waals surface area contributed by atoms with Gasteiger partial charge in [-0.05, 0) is 52.8 Å². The summed E-state index contributed by atoms with van der Waals surface area (Å²) >= 11 is 0. The summed E-state index contributed by atoms with van der Waals surface area (Å²) in [6.45, 7) is 10.5. The van der Waals surface area contributed by atoms with Gasteiger partial charge >= 0.3 is 0 Å². The first kappa shape index (κ1) is 20.6. The molecule has 6 nitrogen and oxygen atoms in total. The number of aromatic nitrogens is 1. The van der Waals surface area contributed by atoms with Gasteiger partial charge in [0, 0.05) is 35.7 Å². The molecule has 0 spiro atoms. The van der Waals surface area contributed by atoms with Gasteiger partial charge < -0.3 is 19.5 Å². The van der Waals surface area contributed by atoms with Gasteiger partial charge in [0.1, 0.15) is 12.3 Å². The van der Waals surface area contributed by atoms with Crippen LogP contribution < -0.4 is 10.1 Å². The Morgan fingerprint density at radius 3 is 2.48 bits per heavy atom. The molecule has 146 valence electrons. The second kappa shape index (κ2) is 8.75. The smallest absolute Gasteiger partial charge is 0.256 e. The zero-order valence-corrected chi connectivity index (χ0v) is 17.0. The Labute approximate surface area is 161 Å². The molecule has 27 heavy (non-hydrogen) atoms. The molecule has 1 N–H and O–H groups in total. The third kappa shape index (κ3) is 4.70. The Morgan fingerprint density at radius 1 is 1.22 bits per heavy atom. The summed E-state index contributed by atoms with van der Waals surface area (Å²) in [5, 5.41) is 2.82. The number of carbonyl (C=O) groups is 2.